The lowest BCUT2D eigenvalue weighted by Gasteiger charge is -2.23. The number of thiazole rings is 1. The second kappa shape index (κ2) is 3.91. The smallest absolute Gasteiger partial charge is 0.0812 e. The van der Waals surface area contributed by atoms with E-state index < -0.39 is 0 Å². The summed E-state index contributed by atoms with van der Waals surface area (Å²) in [5.74, 6) is 0. The van der Waals surface area contributed by atoms with Gasteiger partial charge in [0.2, 0.25) is 0 Å². The minimum Gasteiger partial charge on any atom is -0.310 e. The van der Waals surface area contributed by atoms with Crippen molar-refractivity contribution in [1.29, 1.82) is 0 Å². The summed E-state index contributed by atoms with van der Waals surface area (Å²) in [6.07, 6.45) is 3.93. The fourth-order valence-electron chi connectivity index (χ4n) is 2.22. The van der Waals surface area contributed by atoms with Crippen molar-refractivity contribution in [3.8, 4) is 0 Å². The SMILES string of the molecule is c1nc2ccc([C@@H]3CCCCN3)cc2s1. The number of nitrogens with zero attached hydrogens (tertiary/aromatic N) is 1. The second-order valence-corrected chi connectivity index (χ2v) is 4.97. The molecular weight excluding hydrogens is 204 g/mol. The Labute approximate surface area is 93.3 Å². The van der Waals surface area contributed by atoms with E-state index in [0.29, 0.717) is 6.04 Å². The largest absolute Gasteiger partial charge is 0.310 e. The number of aromatic nitrogens is 1. The van der Waals surface area contributed by atoms with Crippen molar-refractivity contribution in [1.82, 2.24) is 10.3 Å². The van der Waals surface area contributed by atoms with Crippen molar-refractivity contribution >= 4 is 21.6 Å². The summed E-state index contributed by atoms with van der Waals surface area (Å²) in [4.78, 5) is 4.30. The average molecular weight is 218 g/mol. The first-order valence-corrected chi connectivity index (χ1v) is 6.38. The van der Waals surface area contributed by atoms with Gasteiger partial charge < -0.3 is 5.32 Å². The summed E-state index contributed by atoms with van der Waals surface area (Å²) in [7, 11) is 0. The molecule has 3 heteroatoms. The van der Waals surface area contributed by atoms with Crippen LogP contribution in [0, 0.1) is 0 Å². The van der Waals surface area contributed by atoms with Crippen LogP contribution < -0.4 is 5.32 Å². The Balaban J connectivity index is 1.95. The third-order valence-electron chi connectivity index (χ3n) is 3.07. The molecule has 15 heavy (non-hydrogen) atoms. The van der Waals surface area contributed by atoms with Gasteiger partial charge in [0.15, 0.2) is 0 Å². The van der Waals surface area contributed by atoms with Crippen molar-refractivity contribution in [3.05, 3.63) is 29.3 Å². The van der Waals surface area contributed by atoms with E-state index in [2.05, 4.69) is 28.5 Å². The quantitative estimate of drug-likeness (QED) is 0.795. The van der Waals surface area contributed by atoms with Gasteiger partial charge in [-0.1, -0.05) is 12.5 Å². The molecule has 0 spiro atoms. The van der Waals surface area contributed by atoms with Gasteiger partial charge in [0, 0.05) is 6.04 Å². The van der Waals surface area contributed by atoms with Crippen molar-refractivity contribution in [2.75, 3.05) is 6.54 Å². The van der Waals surface area contributed by atoms with Gasteiger partial charge in [0.25, 0.3) is 0 Å². The number of hydrogen-bond acceptors (Lipinski definition) is 3. The molecule has 2 heterocycles. The van der Waals surface area contributed by atoms with Crippen molar-refractivity contribution in [2.24, 2.45) is 0 Å². The van der Waals surface area contributed by atoms with E-state index in [-0.39, 0.29) is 0 Å². The van der Waals surface area contributed by atoms with Crippen molar-refractivity contribution in [2.45, 2.75) is 25.3 Å². The lowest BCUT2D eigenvalue weighted by atomic mass is 9.97. The highest BCUT2D eigenvalue weighted by Crippen LogP contribution is 2.27. The molecule has 78 valence electrons. The van der Waals surface area contributed by atoms with Gasteiger partial charge in [0.1, 0.15) is 0 Å². The first-order valence-electron chi connectivity index (χ1n) is 5.50. The normalized spacial score (nSPS) is 22.0. The zero-order valence-corrected chi connectivity index (χ0v) is 9.39. The van der Waals surface area contributed by atoms with Gasteiger partial charge in [-0.3, -0.25) is 0 Å². The molecule has 1 N–H and O–H groups in total. The maximum absolute atomic E-state index is 4.30. The topological polar surface area (TPSA) is 24.9 Å². The third kappa shape index (κ3) is 1.77. The van der Waals surface area contributed by atoms with Gasteiger partial charge in [-0.15, -0.1) is 11.3 Å². The second-order valence-electron chi connectivity index (χ2n) is 4.08. The van der Waals surface area contributed by atoms with Gasteiger partial charge in [-0.05, 0) is 37.1 Å². The molecule has 1 aromatic heterocycles. The molecule has 0 amide bonds. The molecule has 0 aliphatic carbocycles. The van der Waals surface area contributed by atoms with Crippen molar-refractivity contribution in [3.63, 3.8) is 0 Å². The molecule has 1 fully saturated rings. The molecule has 0 radical (unpaired) electrons. The monoisotopic (exact) mass is 218 g/mol. The van der Waals surface area contributed by atoms with Crippen LogP contribution in [0.2, 0.25) is 0 Å². The van der Waals surface area contributed by atoms with Gasteiger partial charge in [-0.25, -0.2) is 4.98 Å². The predicted molar refractivity (Wildman–Crippen MR) is 64.2 cm³/mol. The lowest BCUT2D eigenvalue weighted by molar-refractivity contribution is 0.412. The minimum atomic E-state index is 0.560. The highest BCUT2D eigenvalue weighted by Gasteiger charge is 2.14. The maximum atomic E-state index is 4.30. The third-order valence-corrected chi connectivity index (χ3v) is 3.86. The van der Waals surface area contributed by atoms with Crippen LogP contribution in [0.5, 0.6) is 0 Å². The van der Waals surface area contributed by atoms with E-state index >= 15 is 0 Å². The summed E-state index contributed by atoms with van der Waals surface area (Å²) in [6, 6.07) is 7.20. The fraction of sp³-hybridized carbons (Fsp3) is 0.417. The van der Waals surface area contributed by atoms with Gasteiger partial charge in [-0.2, -0.15) is 0 Å². The highest BCUT2D eigenvalue weighted by molar-refractivity contribution is 7.16. The number of piperidine rings is 1. The van der Waals surface area contributed by atoms with E-state index in [9.17, 15) is 0 Å². The van der Waals surface area contributed by atoms with E-state index in [0.717, 1.165) is 12.1 Å². The van der Waals surface area contributed by atoms with Crippen LogP contribution in [-0.4, -0.2) is 11.5 Å². The maximum Gasteiger partial charge on any atom is 0.0812 e. The van der Waals surface area contributed by atoms with Crippen molar-refractivity contribution < 1.29 is 0 Å². The molecule has 1 aliphatic heterocycles. The van der Waals surface area contributed by atoms with E-state index in [1.54, 1.807) is 11.3 Å². The molecule has 0 bridgehead atoms. The Morgan fingerprint density at radius 1 is 1.33 bits per heavy atom. The fourth-order valence-corrected chi connectivity index (χ4v) is 2.95. The van der Waals surface area contributed by atoms with Crippen LogP contribution in [0.4, 0.5) is 0 Å². The molecule has 1 aromatic carbocycles. The molecule has 1 atom stereocenters. The van der Waals surface area contributed by atoms with Crippen LogP contribution in [0.25, 0.3) is 10.2 Å². The zero-order valence-electron chi connectivity index (χ0n) is 8.57. The Bertz CT molecular complexity index is 457. The van der Waals surface area contributed by atoms with Crippen LogP contribution in [0.3, 0.4) is 0 Å². The highest BCUT2D eigenvalue weighted by atomic mass is 32.1. The standard InChI is InChI=1S/C12H14N2S/c1-2-6-13-10(3-1)9-4-5-11-12(7-9)15-8-14-11/h4-5,7-8,10,13H,1-3,6H2/t10-/m0/s1. The van der Waals surface area contributed by atoms with Gasteiger partial charge >= 0.3 is 0 Å². The summed E-state index contributed by atoms with van der Waals surface area (Å²) in [6.45, 7) is 1.16. The molecule has 1 saturated heterocycles. The van der Waals surface area contributed by atoms with Crippen LogP contribution in [0.15, 0.2) is 23.7 Å². The summed E-state index contributed by atoms with van der Waals surface area (Å²) < 4.78 is 1.31. The minimum absolute atomic E-state index is 0.560. The molecule has 2 aromatic rings. The molecule has 3 rings (SSSR count). The average Bonchev–Trinajstić information content (AvgIpc) is 2.77. The summed E-state index contributed by atoms with van der Waals surface area (Å²) >= 11 is 1.73. The molecular formula is C12H14N2S. The number of benzene rings is 1. The predicted octanol–water partition coefficient (Wildman–Crippen LogP) is 3.11. The number of nitrogens with one attached hydrogen (secondary N) is 1. The van der Waals surface area contributed by atoms with Crippen LogP contribution >= 0.6 is 11.3 Å². The Kier molecular flexibility index (Phi) is 2.43. The number of fused-ring (bicyclic) bond motifs is 1. The Morgan fingerprint density at radius 3 is 3.20 bits per heavy atom. The molecule has 0 saturated carbocycles. The lowest BCUT2D eigenvalue weighted by Crippen LogP contribution is -2.26. The summed E-state index contributed by atoms with van der Waals surface area (Å²) in [5.41, 5.74) is 4.47. The summed E-state index contributed by atoms with van der Waals surface area (Å²) in [5, 5.41) is 3.58. The van der Waals surface area contributed by atoms with E-state index in [1.165, 1.54) is 29.5 Å². The Morgan fingerprint density at radius 2 is 2.33 bits per heavy atom. The molecule has 0 unspecified atom stereocenters. The van der Waals surface area contributed by atoms with Gasteiger partial charge in [0.05, 0.1) is 15.7 Å². The van der Waals surface area contributed by atoms with Crippen LogP contribution in [0.1, 0.15) is 30.9 Å². The first-order chi connectivity index (χ1) is 7.43. The number of hydrogen-bond donors (Lipinski definition) is 1. The van der Waals surface area contributed by atoms with E-state index in [4.69, 9.17) is 0 Å². The first kappa shape index (κ1) is 9.31. The zero-order chi connectivity index (χ0) is 10.1. The Hall–Kier alpha value is -0.930. The molecule has 1 aliphatic rings. The van der Waals surface area contributed by atoms with Crippen LogP contribution in [-0.2, 0) is 0 Å². The van der Waals surface area contributed by atoms with E-state index in [1.807, 2.05) is 5.51 Å². The number of rotatable bonds is 1. The molecule has 2 nitrogen and oxygen atoms in total.